The van der Waals surface area contributed by atoms with E-state index in [9.17, 15) is 14.9 Å². The first-order chi connectivity index (χ1) is 10.5. The van der Waals surface area contributed by atoms with Gasteiger partial charge in [-0.2, -0.15) is 0 Å². The molecule has 7 nitrogen and oxygen atoms in total. The molecule has 1 heterocycles. The predicted molar refractivity (Wildman–Crippen MR) is 84.2 cm³/mol. The van der Waals surface area contributed by atoms with Crippen molar-refractivity contribution in [2.24, 2.45) is 0 Å². The number of hydrogen-bond acceptors (Lipinski definition) is 7. The number of aromatic nitrogens is 1. The van der Waals surface area contributed by atoms with E-state index >= 15 is 0 Å². The average Bonchev–Trinajstić information content (AvgIpc) is 2.96. The Bertz CT molecular complexity index is 719. The molecular formula is C13H12ClN3O4S. The lowest BCUT2D eigenvalue weighted by atomic mass is 10.2. The van der Waals surface area contributed by atoms with Gasteiger partial charge in [-0.05, 0) is 19.1 Å². The minimum absolute atomic E-state index is 0.169. The van der Waals surface area contributed by atoms with Crippen LogP contribution >= 0.6 is 22.9 Å². The Kier molecular flexibility index (Phi) is 4.94. The van der Waals surface area contributed by atoms with Crippen LogP contribution in [0, 0.1) is 10.1 Å². The van der Waals surface area contributed by atoms with Gasteiger partial charge in [-0.15, -0.1) is 11.3 Å². The second kappa shape index (κ2) is 6.71. The Morgan fingerprint density at radius 1 is 1.55 bits per heavy atom. The number of esters is 1. The third-order valence-corrected chi connectivity index (χ3v) is 3.85. The van der Waals surface area contributed by atoms with Gasteiger partial charge in [0.25, 0.3) is 5.69 Å². The normalized spacial score (nSPS) is 10.3. The standard InChI is InChI=1S/C13H12ClN3O4S/c1-3-21-13(18)11-12(15-7-22-11)16(2)9-5-4-8(14)6-10(9)17(19)20/h4-7H,3H2,1-2H3. The van der Waals surface area contributed by atoms with E-state index in [4.69, 9.17) is 16.3 Å². The van der Waals surface area contributed by atoms with Crippen LogP contribution in [0.15, 0.2) is 23.7 Å². The third-order valence-electron chi connectivity index (χ3n) is 2.82. The van der Waals surface area contributed by atoms with Gasteiger partial charge < -0.3 is 9.64 Å². The molecule has 1 aromatic heterocycles. The molecule has 0 unspecified atom stereocenters. The SMILES string of the molecule is CCOC(=O)c1scnc1N(C)c1ccc(Cl)cc1[N+](=O)[O-]. The molecule has 0 amide bonds. The summed E-state index contributed by atoms with van der Waals surface area (Å²) in [6.45, 7) is 1.94. The summed E-state index contributed by atoms with van der Waals surface area (Å²) < 4.78 is 4.96. The zero-order chi connectivity index (χ0) is 16.3. The van der Waals surface area contributed by atoms with Crippen molar-refractivity contribution in [3.05, 3.63) is 43.7 Å². The highest BCUT2D eigenvalue weighted by Gasteiger charge is 2.25. The highest BCUT2D eigenvalue weighted by atomic mass is 35.5. The van der Waals surface area contributed by atoms with Crippen LogP contribution < -0.4 is 4.90 Å². The van der Waals surface area contributed by atoms with Crippen LogP contribution in [0.25, 0.3) is 0 Å². The number of thiazole rings is 1. The molecule has 0 aliphatic rings. The number of ether oxygens (including phenoxy) is 1. The van der Waals surface area contributed by atoms with Crippen LogP contribution in [0.5, 0.6) is 0 Å². The van der Waals surface area contributed by atoms with Crippen LogP contribution in [-0.2, 0) is 4.74 Å². The van der Waals surface area contributed by atoms with E-state index in [1.807, 2.05) is 0 Å². The summed E-state index contributed by atoms with van der Waals surface area (Å²) in [5.74, 6) is -0.211. The van der Waals surface area contributed by atoms with Crippen LogP contribution in [0.3, 0.4) is 0 Å². The molecule has 0 saturated heterocycles. The van der Waals surface area contributed by atoms with Crippen LogP contribution in [0.2, 0.25) is 5.02 Å². The molecule has 116 valence electrons. The molecular weight excluding hydrogens is 330 g/mol. The lowest BCUT2D eigenvalue weighted by molar-refractivity contribution is -0.384. The summed E-state index contributed by atoms with van der Waals surface area (Å²) in [7, 11) is 1.59. The minimum atomic E-state index is -0.534. The molecule has 0 spiro atoms. The molecule has 0 radical (unpaired) electrons. The first kappa shape index (κ1) is 16.2. The summed E-state index contributed by atoms with van der Waals surface area (Å²) in [5, 5.41) is 11.4. The summed E-state index contributed by atoms with van der Waals surface area (Å²) in [5.41, 5.74) is 1.60. The fourth-order valence-electron chi connectivity index (χ4n) is 1.86. The molecule has 0 saturated carbocycles. The van der Waals surface area contributed by atoms with Gasteiger partial charge in [-0.3, -0.25) is 10.1 Å². The van der Waals surface area contributed by atoms with E-state index < -0.39 is 10.9 Å². The van der Waals surface area contributed by atoms with Gasteiger partial charge in [0.05, 0.1) is 17.0 Å². The molecule has 2 rings (SSSR count). The maximum atomic E-state index is 11.9. The van der Waals surface area contributed by atoms with Gasteiger partial charge in [-0.25, -0.2) is 9.78 Å². The maximum Gasteiger partial charge on any atom is 0.352 e. The van der Waals surface area contributed by atoms with Gasteiger partial charge in [0.1, 0.15) is 5.69 Å². The lowest BCUT2D eigenvalue weighted by Crippen LogP contribution is -2.16. The number of halogens is 1. The topological polar surface area (TPSA) is 85.6 Å². The molecule has 22 heavy (non-hydrogen) atoms. The number of nitro benzene ring substituents is 1. The van der Waals surface area contributed by atoms with Crippen molar-refractivity contribution in [3.63, 3.8) is 0 Å². The molecule has 0 aliphatic carbocycles. The van der Waals surface area contributed by atoms with Crippen molar-refractivity contribution in [1.29, 1.82) is 0 Å². The summed E-state index contributed by atoms with van der Waals surface area (Å²) in [6.07, 6.45) is 0. The Labute approximate surface area is 135 Å². The largest absolute Gasteiger partial charge is 0.462 e. The second-order valence-corrected chi connectivity index (χ2v) is 5.47. The van der Waals surface area contributed by atoms with Crippen LogP contribution in [-0.4, -0.2) is 29.5 Å². The molecule has 0 fully saturated rings. The van der Waals surface area contributed by atoms with Crippen molar-refractivity contribution in [2.75, 3.05) is 18.6 Å². The van der Waals surface area contributed by atoms with Gasteiger partial charge in [-0.1, -0.05) is 11.6 Å². The first-order valence-electron chi connectivity index (χ1n) is 6.24. The number of hydrogen-bond donors (Lipinski definition) is 0. The Hall–Kier alpha value is -2.19. The number of carbonyl (C=O) groups excluding carboxylic acids is 1. The molecule has 0 aliphatic heterocycles. The van der Waals surface area contributed by atoms with E-state index in [0.717, 1.165) is 11.3 Å². The second-order valence-electron chi connectivity index (χ2n) is 4.17. The molecule has 2 aromatic rings. The summed E-state index contributed by atoms with van der Waals surface area (Å²) >= 11 is 6.92. The Balaban J connectivity index is 2.45. The maximum absolute atomic E-state index is 11.9. The summed E-state index contributed by atoms with van der Waals surface area (Å²) in [4.78, 5) is 28.4. The number of carbonyl (C=O) groups is 1. The van der Waals surface area contributed by atoms with E-state index in [-0.39, 0.29) is 27.9 Å². The van der Waals surface area contributed by atoms with Gasteiger partial charge in [0.2, 0.25) is 0 Å². The molecule has 0 N–H and O–H groups in total. The monoisotopic (exact) mass is 341 g/mol. The lowest BCUT2D eigenvalue weighted by Gasteiger charge is -2.18. The van der Waals surface area contributed by atoms with Gasteiger partial charge >= 0.3 is 5.97 Å². The van der Waals surface area contributed by atoms with Gasteiger partial charge in [0, 0.05) is 18.1 Å². The molecule has 1 aromatic carbocycles. The minimum Gasteiger partial charge on any atom is -0.462 e. The van der Waals surface area contributed by atoms with Crippen LogP contribution in [0.4, 0.5) is 17.2 Å². The zero-order valence-corrected chi connectivity index (χ0v) is 13.3. The quantitative estimate of drug-likeness (QED) is 0.468. The first-order valence-corrected chi connectivity index (χ1v) is 7.49. The number of rotatable bonds is 5. The smallest absolute Gasteiger partial charge is 0.352 e. The average molecular weight is 342 g/mol. The Morgan fingerprint density at radius 3 is 2.91 bits per heavy atom. The number of benzene rings is 1. The van der Waals surface area contributed by atoms with Crippen molar-refractivity contribution in [1.82, 2.24) is 4.98 Å². The predicted octanol–water partition coefficient (Wildman–Crippen LogP) is 3.65. The van der Waals surface area contributed by atoms with E-state index in [0.29, 0.717) is 5.82 Å². The van der Waals surface area contributed by atoms with Crippen molar-refractivity contribution in [2.45, 2.75) is 6.92 Å². The number of anilines is 2. The third kappa shape index (κ3) is 3.18. The highest BCUT2D eigenvalue weighted by Crippen LogP contribution is 2.36. The number of nitro groups is 1. The van der Waals surface area contributed by atoms with Crippen LogP contribution in [0.1, 0.15) is 16.6 Å². The number of nitrogens with zero attached hydrogens (tertiary/aromatic N) is 3. The fraction of sp³-hybridized carbons (Fsp3) is 0.231. The highest BCUT2D eigenvalue weighted by molar-refractivity contribution is 7.12. The molecule has 9 heteroatoms. The van der Waals surface area contributed by atoms with E-state index in [2.05, 4.69) is 4.98 Å². The Morgan fingerprint density at radius 2 is 2.27 bits per heavy atom. The van der Waals surface area contributed by atoms with E-state index in [1.54, 1.807) is 14.0 Å². The van der Waals surface area contributed by atoms with E-state index in [1.165, 1.54) is 28.6 Å². The van der Waals surface area contributed by atoms with Crippen molar-refractivity contribution >= 4 is 46.1 Å². The van der Waals surface area contributed by atoms with Crippen molar-refractivity contribution < 1.29 is 14.5 Å². The molecule has 0 atom stereocenters. The fourth-order valence-corrected chi connectivity index (χ4v) is 2.73. The molecule has 0 bridgehead atoms. The van der Waals surface area contributed by atoms with Crippen molar-refractivity contribution in [3.8, 4) is 0 Å². The van der Waals surface area contributed by atoms with Gasteiger partial charge in [0.15, 0.2) is 10.7 Å². The summed E-state index contributed by atoms with van der Waals surface area (Å²) in [6, 6.07) is 4.30. The zero-order valence-electron chi connectivity index (χ0n) is 11.8.